The van der Waals surface area contributed by atoms with Crippen LogP contribution in [0.1, 0.15) is 27.2 Å². The van der Waals surface area contributed by atoms with Crippen LogP contribution in [-0.2, 0) is 9.53 Å². The zero-order valence-corrected chi connectivity index (χ0v) is 11.4. The Bertz CT molecular complexity index is 317. The second-order valence-electron chi connectivity index (χ2n) is 5.25. The SMILES string of the molecule is CN[C@@H](CC(C(F)(F)F)C(F)(F)F)C(=O)OC(C)(C)C. The number of hydrogen-bond acceptors (Lipinski definition) is 3. The topological polar surface area (TPSA) is 38.3 Å². The van der Waals surface area contributed by atoms with Crippen LogP contribution in [0.2, 0.25) is 0 Å². The van der Waals surface area contributed by atoms with Crippen LogP contribution in [0.25, 0.3) is 0 Å². The van der Waals surface area contributed by atoms with E-state index in [1.54, 1.807) is 0 Å². The minimum atomic E-state index is -5.48. The highest BCUT2D eigenvalue weighted by Crippen LogP contribution is 2.42. The molecule has 0 unspecified atom stereocenters. The first kappa shape index (κ1) is 19.0. The van der Waals surface area contributed by atoms with Crippen molar-refractivity contribution in [3.05, 3.63) is 0 Å². The molecule has 0 heterocycles. The molecule has 20 heavy (non-hydrogen) atoms. The summed E-state index contributed by atoms with van der Waals surface area (Å²) >= 11 is 0. The average Bonchev–Trinajstić information content (AvgIpc) is 2.11. The Balaban J connectivity index is 5.05. The molecule has 0 bridgehead atoms. The molecule has 0 aromatic rings. The summed E-state index contributed by atoms with van der Waals surface area (Å²) in [6.45, 7) is 4.38. The molecule has 0 aromatic heterocycles. The minimum absolute atomic E-state index is 1.00. The second kappa shape index (κ2) is 6.19. The normalized spacial score (nSPS) is 15.3. The molecule has 1 N–H and O–H groups in total. The summed E-state index contributed by atoms with van der Waals surface area (Å²) in [6, 6.07) is -1.69. The number of esters is 1. The van der Waals surface area contributed by atoms with Crippen molar-refractivity contribution in [3.8, 4) is 0 Å². The summed E-state index contributed by atoms with van der Waals surface area (Å²) in [5, 5.41) is 2.12. The summed E-state index contributed by atoms with van der Waals surface area (Å²) in [5.41, 5.74) is -1.00. The third-order valence-corrected chi connectivity index (χ3v) is 2.30. The number of nitrogens with one attached hydrogen (secondary N) is 1. The highest BCUT2D eigenvalue weighted by molar-refractivity contribution is 5.76. The number of likely N-dealkylation sites (N-methyl/N-ethyl adjacent to an activating group) is 1. The van der Waals surface area contributed by atoms with Crippen molar-refractivity contribution in [2.24, 2.45) is 5.92 Å². The molecule has 0 aliphatic heterocycles. The molecule has 0 spiro atoms. The van der Waals surface area contributed by atoms with Crippen molar-refractivity contribution in [1.29, 1.82) is 0 Å². The van der Waals surface area contributed by atoms with Gasteiger partial charge in [-0.05, 0) is 34.2 Å². The molecular weight excluding hydrogens is 292 g/mol. The number of alkyl halides is 6. The van der Waals surface area contributed by atoms with Gasteiger partial charge in [0.2, 0.25) is 0 Å². The molecule has 0 aliphatic rings. The maximum Gasteiger partial charge on any atom is 0.400 e. The van der Waals surface area contributed by atoms with E-state index in [1.165, 1.54) is 20.8 Å². The molecule has 0 aromatic carbocycles. The highest BCUT2D eigenvalue weighted by atomic mass is 19.4. The lowest BCUT2D eigenvalue weighted by molar-refractivity contribution is -0.286. The zero-order chi connectivity index (χ0) is 16.4. The highest BCUT2D eigenvalue weighted by Gasteiger charge is 2.57. The summed E-state index contributed by atoms with van der Waals surface area (Å²) < 4.78 is 79.3. The lowest BCUT2D eigenvalue weighted by Gasteiger charge is -2.28. The van der Waals surface area contributed by atoms with Gasteiger partial charge in [0, 0.05) is 0 Å². The number of hydrogen-bond donors (Lipinski definition) is 1. The Labute approximate surface area is 112 Å². The van der Waals surface area contributed by atoms with Crippen LogP contribution in [0.15, 0.2) is 0 Å². The number of halogens is 6. The van der Waals surface area contributed by atoms with Gasteiger partial charge in [0.15, 0.2) is 5.92 Å². The first-order chi connectivity index (χ1) is 8.68. The van der Waals surface area contributed by atoms with E-state index in [0.717, 1.165) is 7.05 Å². The number of carbonyl (C=O) groups excluding carboxylic acids is 1. The fraction of sp³-hybridized carbons (Fsp3) is 0.909. The summed E-state index contributed by atoms with van der Waals surface area (Å²) in [4.78, 5) is 11.6. The molecule has 0 saturated carbocycles. The van der Waals surface area contributed by atoms with Crippen molar-refractivity contribution in [3.63, 3.8) is 0 Å². The van der Waals surface area contributed by atoms with Gasteiger partial charge in [-0.3, -0.25) is 4.79 Å². The summed E-state index contributed by atoms with van der Waals surface area (Å²) in [5.74, 6) is -4.74. The van der Waals surface area contributed by atoms with Gasteiger partial charge < -0.3 is 10.1 Å². The van der Waals surface area contributed by atoms with Crippen LogP contribution in [0, 0.1) is 5.92 Å². The third kappa shape index (κ3) is 6.44. The second-order valence-corrected chi connectivity index (χ2v) is 5.25. The Morgan fingerprint density at radius 2 is 1.45 bits per heavy atom. The van der Waals surface area contributed by atoms with Crippen LogP contribution < -0.4 is 5.32 Å². The van der Waals surface area contributed by atoms with Crippen LogP contribution >= 0.6 is 0 Å². The van der Waals surface area contributed by atoms with Gasteiger partial charge in [-0.2, -0.15) is 26.3 Å². The Morgan fingerprint density at radius 1 is 1.05 bits per heavy atom. The number of ether oxygens (including phenoxy) is 1. The molecule has 0 aliphatic carbocycles. The van der Waals surface area contributed by atoms with Crippen LogP contribution in [0.5, 0.6) is 0 Å². The van der Waals surface area contributed by atoms with Crippen molar-refractivity contribution >= 4 is 5.97 Å². The van der Waals surface area contributed by atoms with E-state index in [1.807, 2.05) is 0 Å². The molecule has 3 nitrogen and oxygen atoms in total. The average molecular weight is 309 g/mol. The van der Waals surface area contributed by atoms with Crippen molar-refractivity contribution in [1.82, 2.24) is 5.32 Å². The Morgan fingerprint density at radius 3 is 1.70 bits per heavy atom. The standard InChI is InChI=1S/C11H17F6NO2/c1-9(2,3)20-8(19)6(18-4)5-7(10(12,13)14)11(15,16)17/h6-7,18H,5H2,1-4H3/t6-/m0/s1. The number of carbonyl (C=O) groups is 1. The Hall–Kier alpha value is -0.990. The molecule has 120 valence electrons. The van der Waals surface area contributed by atoms with Gasteiger partial charge in [-0.25, -0.2) is 0 Å². The summed E-state index contributed by atoms with van der Waals surface area (Å²) in [7, 11) is 1.10. The van der Waals surface area contributed by atoms with E-state index in [4.69, 9.17) is 4.74 Å². The van der Waals surface area contributed by atoms with E-state index in [2.05, 4.69) is 5.32 Å². The van der Waals surface area contributed by atoms with Crippen LogP contribution in [-0.4, -0.2) is 37.0 Å². The predicted octanol–water partition coefficient (Wildman–Crippen LogP) is 3.05. The van der Waals surface area contributed by atoms with Crippen molar-refractivity contribution in [2.45, 2.75) is 51.2 Å². The van der Waals surface area contributed by atoms with E-state index >= 15 is 0 Å². The zero-order valence-electron chi connectivity index (χ0n) is 11.4. The third-order valence-electron chi connectivity index (χ3n) is 2.30. The van der Waals surface area contributed by atoms with E-state index in [9.17, 15) is 31.1 Å². The molecule has 0 radical (unpaired) electrons. The monoisotopic (exact) mass is 309 g/mol. The molecule has 9 heteroatoms. The van der Waals surface area contributed by atoms with Crippen molar-refractivity contribution < 1.29 is 35.9 Å². The maximum absolute atomic E-state index is 12.4. The Kier molecular flexibility index (Phi) is 5.89. The molecular formula is C11H17F6NO2. The van der Waals surface area contributed by atoms with Crippen LogP contribution in [0.4, 0.5) is 26.3 Å². The smallest absolute Gasteiger partial charge is 0.400 e. The van der Waals surface area contributed by atoms with E-state index in [0.29, 0.717) is 0 Å². The van der Waals surface area contributed by atoms with Gasteiger partial charge in [-0.15, -0.1) is 0 Å². The number of rotatable bonds is 4. The fourth-order valence-corrected chi connectivity index (χ4v) is 1.39. The molecule has 0 saturated heterocycles. The maximum atomic E-state index is 12.4. The minimum Gasteiger partial charge on any atom is -0.459 e. The van der Waals surface area contributed by atoms with Gasteiger partial charge >= 0.3 is 18.3 Å². The molecule has 0 amide bonds. The van der Waals surface area contributed by atoms with Gasteiger partial charge in [0.25, 0.3) is 0 Å². The van der Waals surface area contributed by atoms with Crippen molar-refractivity contribution in [2.75, 3.05) is 7.05 Å². The predicted molar refractivity (Wildman–Crippen MR) is 58.9 cm³/mol. The largest absolute Gasteiger partial charge is 0.459 e. The molecule has 0 rings (SSSR count). The van der Waals surface area contributed by atoms with E-state index < -0.39 is 42.3 Å². The lowest BCUT2D eigenvalue weighted by atomic mass is 9.98. The lowest BCUT2D eigenvalue weighted by Crippen LogP contribution is -2.46. The first-order valence-electron chi connectivity index (χ1n) is 5.72. The molecule has 1 atom stereocenters. The molecule has 0 fully saturated rings. The van der Waals surface area contributed by atoms with Crippen LogP contribution in [0.3, 0.4) is 0 Å². The van der Waals surface area contributed by atoms with Gasteiger partial charge in [0.05, 0.1) is 0 Å². The van der Waals surface area contributed by atoms with Gasteiger partial charge in [0.1, 0.15) is 11.6 Å². The van der Waals surface area contributed by atoms with Gasteiger partial charge in [-0.1, -0.05) is 0 Å². The summed E-state index contributed by atoms with van der Waals surface area (Å²) in [6.07, 6.45) is -12.4. The first-order valence-corrected chi connectivity index (χ1v) is 5.72. The van der Waals surface area contributed by atoms with E-state index in [-0.39, 0.29) is 0 Å². The quantitative estimate of drug-likeness (QED) is 0.641. The fourth-order valence-electron chi connectivity index (χ4n) is 1.39.